The molecule has 2 rings (SSSR count). The van der Waals surface area contributed by atoms with Crippen molar-refractivity contribution in [2.24, 2.45) is 7.05 Å². The van der Waals surface area contributed by atoms with E-state index in [1.54, 1.807) is 17.8 Å². The van der Waals surface area contributed by atoms with Crippen molar-refractivity contribution in [3.05, 3.63) is 11.8 Å². The van der Waals surface area contributed by atoms with Crippen LogP contribution >= 0.6 is 0 Å². The number of hydrogen-bond acceptors (Lipinski definition) is 7. The molecule has 0 aliphatic carbocycles. The Hall–Kier alpha value is -2.38. The lowest BCUT2D eigenvalue weighted by Crippen LogP contribution is -2.08. The number of nitrogens with one attached hydrogen (secondary N) is 1. The SMILES string of the molecule is CCNc1nc(OCC)nc(Oc2cc(C)nn2C)n1. The summed E-state index contributed by atoms with van der Waals surface area (Å²) in [6, 6.07) is 2.20. The Kier molecular flexibility index (Phi) is 4.34. The zero-order valence-electron chi connectivity index (χ0n) is 12.0. The fourth-order valence-electron chi connectivity index (χ4n) is 1.59. The molecule has 0 fully saturated rings. The number of nitrogens with zero attached hydrogens (tertiary/aromatic N) is 5. The Bertz CT molecular complexity index is 559. The van der Waals surface area contributed by atoms with Crippen molar-refractivity contribution in [1.82, 2.24) is 24.7 Å². The smallest absolute Gasteiger partial charge is 0.331 e. The van der Waals surface area contributed by atoms with Gasteiger partial charge in [0.15, 0.2) is 0 Å². The van der Waals surface area contributed by atoms with E-state index >= 15 is 0 Å². The number of hydrogen-bond donors (Lipinski definition) is 1. The maximum atomic E-state index is 5.62. The van der Waals surface area contributed by atoms with E-state index in [4.69, 9.17) is 9.47 Å². The predicted molar refractivity (Wildman–Crippen MR) is 73.2 cm³/mol. The van der Waals surface area contributed by atoms with Crippen LogP contribution in [-0.4, -0.2) is 37.9 Å². The molecule has 8 nitrogen and oxygen atoms in total. The maximum absolute atomic E-state index is 5.62. The van der Waals surface area contributed by atoms with Crippen LogP contribution in [0.5, 0.6) is 17.9 Å². The Balaban J connectivity index is 2.27. The van der Waals surface area contributed by atoms with Crippen LogP contribution in [0.2, 0.25) is 0 Å². The van der Waals surface area contributed by atoms with Gasteiger partial charge in [-0.25, -0.2) is 4.68 Å². The minimum atomic E-state index is 0.169. The van der Waals surface area contributed by atoms with Gasteiger partial charge in [0.1, 0.15) is 0 Å². The summed E-state index contributed by atoms with van der Waals surface area (Å²) in [4.78, 5) is 12.4. The summed E-state index contributed by atoms with van der Waals surface area (Å²) < 4.78 is 12.5. The summed E-state index contributed by atoms with van der Waals surface area (Å²) in [5.41, 5.74) is 0.855. The van der Waals surface area contributed by atoms with E-state index in [2.05, 4.69) is 25.4 Å². The Labute approximate surface area is 117 Å². The van der Waals surface area contributed by atoms with Crippen LogP contribution in [0, 0.1) is 6.92 Å². The molecular weight excluding hydrogens is 260 g/mol. The number of ether oxygens (including phenoxy) is 2. The normalized spacial score (nSPS) is 10.4. The monoisotopic (exact) mass is 278 g/mol. The Morgan fingerprint density at radius 3 is 2.55 bits per heavy atom. The minimum Gasteiger partial charge on any atom is -0.464 e. The average Bonchev–Trinajstić information content (AvgIpc) is 2.68. The van der Waals surface area contributed by atoms with E-state index in [0.717, 1.165) is 5.69 Å². The van der Waals surface area contributed by atoms with Crippen LogP contribution in [-0.2, 0) is 7.05 Å². The van der Waals surface area contributed by atoms with Gasteiger partial charge in [-0.05, 0) is 20.8 Å². The molecule has 2 aromatic rings. The Morgan fingerprint density at radius 2 is 1.95 bits per heavy atom. The molecule has 0 radical (unpaired) electrons. The van der Waals surface area contributed by atoms with Gasteiger partial charge in [0.05, 0.1) is 12.3 Å². The zero-order valence-corrected chi connectivity index (χ0v) is 12.0. The molecule has 0 aliphatic rings. The largest absolute Gasteiger partial charge is 0.464 e. The van der Waals surface area contributed by atoms with Crippen LogP contribution < -0.4 is 14.8 Å². The quantitative estimate of drug-likeness (QED) is 0.857. The van der Waals surface area contributed by atoms with Gasteiger partial charge in [0, 0.05) is 19.7 Å². The fourth-order valence-corrected chi connectivity index (χ4v) is 1.59. The highest BCUT2D eigenvalue weighted by Gasteiger charge is 2.11. The first-order valence-corrected chi connectivity index (χ1v) is 6.43. The predicted octanol–water partition coefficient (Wildman–Crippen LogP) is 1.54. The topological polar surface area (TPSA) is 87.0 Å². The van der Waals surface area contributed by atoms with E-state index in [1.165, 1.54) is 0 Å². The van der Waals surface area contributed by atoms with Gasteiger partial charge in [-0.15, -0.1) is 4.98 Å². The van der Waals surface area contributed by atoms with Gasteiger partial charge in [-0.1, -0.05) is 0 Å². The molecule has 0 unspecified atom stereocenters. The molecule has 20 heavy (non-hydrogen) atoms. The van der Waals surface area contributed by atoms with Crippen molar-refractivity contribution in [3.8, 4) is 17.9 Å². The summed E-state index contributed by atoms with van der Waals surface area (Å²) in [6.07, 6.45) is 0. The van der Waals surface area contributed by atoms with Gasteiger partial charge in [-0.3, -0.25) is 0 Å². The van der Waals surface area contributed by atoms with Crippen LogP contribution in [0.15, 0.2) is 6.07 Å². The van der Waals surface area contributed by atoms with Gasteiger partial charge in [0.25, 0.3) is 0 Å². The van der Waals surface area contributed by atoms with Crippen molar-refractivity contribution < 1.29 is 9.47 Å². The first-order valence-electron chi connectivity index (χ1n) is 6.43. The van der Waals surface area contributed by atoms with Gasteiger partial charge >= 0.3 is 12.0 Å². The Morgan fingerprint density at radius 1 is 1.20 bits per heavy atom. The molecular formula is C12H18N6O2. The minimum absolute atomic E-state index is 0.169. The highest BCUT2D eigenvalue weighted by atomic mass is 16.5. The first kappa shape index (κ1) is 14.0. The molecule has 0 spiro atoms. The second kappa shape index (κ2) is 6.18. The van der Waals surface area contributed by atoms with Crippen LogP contribution in [0.25, 0.3) is 0 Å². The van der Waals surface area contributed by atoms with Crippen LogP contribution in [0.3, 0.4) is 0 Å². The number of anilines is 1. The second-order valence-corrected chi connectivity index (χ2v) is 4.04. The summed E-state index contributed by atoms with van der Waals surface area (Å²) >= 11 is 0. The van der Waals surface area contributed by atoms with E-state index in [-0.39, 0.29) is 12.0 Å². The summed E-state index contributed by atoms with van der Waals surface area (Å²) in [7, 11) is 1.79. The molecule has 8 heteroatoms. The van der Waals surface area contributed by atoms with E-state index < -0.39 is 0 Å². The van der Waals surface area contributed by atoms with Gasteiger partial charge in [0.2, 0.25) is 11.8 Å². The summed E-state index contributed by atoms with van der Waals surface area (Å²) in [5.74, 6) is 0.971. The van der Waals surface area contributed by atoms with Crippen molar-refractivity contribution >= 4 is 5.95 Å². The first-order chi connectivity index (χ1) is 9.62. The molecule has 1 N–H and O–H groups in total. The highest BCUT2D eigenvalue weighted by Crippen LogP contribution is 2.20. The molecule has 0 saturated carbocycles. The van der Waals surface area contributed by atoms with Crippen molar-refractivity contribution in [1.29, 1.82) is 0 Å². The molecule has 2 heterocycles. The van der Waals surface area contributed by atoms with Gasteiger partial charge < -0.3 is 14.8 Å². The zero-order chi connectivity index (χ0) is 14.5. The van der Waals surface area contributed by atoms with E-state index in [1.807, 2.05) is 20.8 Å². The molecule has 2 aromatic heterocycles. The molecule has 0 aromatic carbocycles. The van der Waals surface area contributed by atoms with Crippen LogP contribution in [0.1, 0.15) is 19.5 Å². The fraction of sp³-hybridized carbons (Fsp3) is 0.500. The molecule has 0 aliphatic heterocycles. The lowest BCUT2D eigenvalue weighted by molar-refractivity contribution is 0.301. The lowest BCUT2D eigenvalue weighted by atomic mass is 10.5. The number of aromatic nitrogens is 5. The third-order valence-electron chi connectivity index (χ3n) is 2.36. The third-order valence-corrected chi connectivity index (χ3v) is 2.36. The molecule has 0 atom stereocenters. The molecule has 0 saturated heterocycles. The van der Waals surface area contributed by atoms with Crippen molar-refractivity contribution in [2.75, 3.05) is 18.5 Å². The number of aryl methyl sites for hydroxylation is 2. The molecule has 0 bridgehead atoms. The third kappa shape index (κ3) is 3.34. The second-order valence-electron chi connectivity index (χ2n) is 4.04. The van der Waals surface area contributed by atoms with Crippen LogP contribution in [0.4, 0.5) is 5.95 Å². The standard InChI is InChI=1S/C12H18N6O2/c1-5-13-10-14-11(19-6-2)16-12(15-10)20-9-7-8(3)17-18(9)4/h7H,5-6H2,1-4H3,(H,13,14,15,16). The average molecular weight is 278 g/mol. The van der Waals surface area contributed by atoms with Crippen molar-refractivity contribution in [2.45, 2.75) is 20.8 Å². The lowest BCUT2D eigenvalue weighted by Gasteiger charge is -2.08. The summed E-state index contributed by atoms with van der Waals surface area (Å²) in [5, 5.41) is 7.21. The molecule has 108 valence electrons. The van der Waals surface area contributed by atoms with E-state index in [9.17, 15) is 0 Å². The van der Waals surface area contributed by atoms with Crippen molar-refractivity contribution in [3.63, 3.8) is 0 Å². The van der Waals surface area contributed by atoms with Gasteiger partial charge in [-0.2, -0.15) is 15.1 Å². The van der Waals surface area contributed by atoms with E-state index in [0.29, 0.717) is 25.0 Å². The highest BCUT2D eigenvalue weighted by molar-refractivity contribution is 5.28. The maximum Gasteiger partial charge on any atom is 0.331 e. The summed E-state index contributed by atoms with van der Waals surface area (Å²) in [6.45, 7) is 6.87. The molecule has 0 amide bonds. The number of rotatable bonds is 6.